The van der Waals surface area contributed by atoms with E-state index in [-0.39, 0.29) is 30.9 Å². The number of benzene rings is 1. The quantitative estimate of drug-likeness (QED) is 0.523. The fourth-order valence-electron chi connectivity index (χ4n) is 2.89. The molecule has 0 bridgehead atoms. The zero-order valence-corrected chi connectivity index (χ0v) is 16.1. The van der Waals surface area contributed by atoms with E-state index in [1.54, 1.807) is 21.8 Å². The third kappa shape index (κ3) is 5.62. The maximum absolute atomic E-state index is 12.3. The Balaban J connectivity index is 1.47. The van der Waals surface area contributed by atoms with Crippen LogP contribution >= 0.6 is 0 Å². The molecule has 2 heterocycles. The van der Waals surface area contributed by atoms with Gasteiger partial charge in [-0.3, -0.25) is 14.3 Å². The van der Waals surface area contributed by atoms with Crippen LogP contribution in [0, 0.1) is 0 Å². The van der Waals surface area contributed by atoms with E-state index in [4.69, 9.17) is 4.74 Å². The van der Waals surface area contributed by atoms with Gasteiger partial charge in [-0.25, -0.2) is 0 Å². The molecule has 0 unspecified atom stereocenters. The summed E-state index contributed by atoms with van der Waals surface area (Å²) in [5.74, 6) is 0.267. The predicted octanol–water partition coefficient (Wildman–Crippen LogP) is 3.43. The number of ether oxygens (including phenoxy) is 1. The molecule has 0 atom stereocenters. The number of nitrogens with zero attached hydrogens (tertiary/aromatic N) is 3. The third-order valence-corrected chi connectivity index (χ3v) is 4.56. The van der Waals surface area contributed by atoms with Crippen LogP contribution in [0.2, 0.25) is 0 Å². The van der Waals surface area contributed by atoms with Crippen molar-refractivity contribution in [2.45, 2.75) is 25.1 Å². The number of halogens is 3. The van der Waals surface area contributed by atoms with Crippen LogP contribution < -0.4 is 10.1 Å². The van der Waals surface area contributed by atoms with Gasteiger partial charge in [-0.15, -0.1) is 0 Å². The molecule has 0 aliphatic carbocycles. The van der Waals surface area contributed by atoms with Crippen molar-refractivity contribution >= 4 is 17.6 Å². The van der Waals surface area contributed by atoms with Crippen LogP contribution in [0.4, 0.5) is 19.0 Å². The Morgan fingerprint density at radius 1 is 1.23 bits per heavy atom. The topological polar surface area (TPSA) is 76.5 Å². The molecule has 30 heavy (non-hydrogen) atoms. The minimum absolute atomic E-state index is 0.0494. The van der Waals surface area contributed by atoms with Crippen LogP contribution in [0.1, 0.15) is 29.2 Å². The van der Waals surface area contributed by atoms with Gasteiger partial charge in [-0.2, -0.15) is 18.3 Å². The van der Waals surface area contributed by atoms with Crippen LogP contribution in [0.3, 0.4) is 0 Å². The molecular weight excluding hydrogens is 401 g/mol. The number of anilines is 1. The Hall–Kier alpha value is -3.30. The summed E-state index contributed by atoms with van der Waals surface area (Å²) in [6.45, 7) is 4.46. The summed E-state index contributed by atoms with van der Waals surface area (Å²) >= 11 is 0. The van der Waals surface area contributed by atoms with Crippen LogP contribution in [0.5, 0.6) is 5.75 Å². The summed E-state index contributed by atoms with van der Waals surface area (Å²) in [6, 6.07) is 7.81. The highest BCUT2D eigenvalue weighted by atomic mass is 19.4. The summed E-state index contributed by atoms with van der Waals surface area (Å²) in [6.07, 6.45) is -2.23. The van der Waals surface area contributed by atoms with Crippen LogP contribution in [0.25, 0.3) is 0 Å². The first-order valence-corrected chi connectivity index (χ1v) is 9.32. The molecule has 10 heteroatoms. The van der Waals surface area contributed by atoms with Gasteiger partial charge in [0.05, 0.1) is 12.6 Å². The summed E-state index contributed by atoms with van der Waals surface area (Å²) in [7, 11) is 0. The lowest BCUT2D eigenvalue weighted by atomic mass is 10.1. The highest BCUT2D eigenvalue weighted by Gasteiger charge is 2.31. The molecule has 2 aromatic rings. The van der Waals surface area contributed by atoms with Crippen molar-refractivity contribution in [2.24, 2.45) is 0 Å². The predicted molar refractivity (Wildman–Crippen MR) is 103 cm³/mol. The van der Waals surface area contributed by atoms with E-state index in [9.17, 15) is 22.8 Å². The van der Waals surface area contributed by atoms with Gasteiger partial charge in [0.2, 0.25) is 5.91 Å². The number of hydrogen-bond acceptors (Lipinski definition) is 4. The molecule has 2 amide bonds. The lowest BCUT2D eigenvalue weighted by Gasteiger charge is -2.38. The Morgan fingerprint density at radius 2 is 1.93 bits per heavy atom. The molecule has 1 aromatic carbocycles. The van der Waals surface area contributed by atoms with Gasteiger partial charge in [0.15, 0.2) is 5.82 Å². The van der Waals surface area contributed by atoms with Gasteiger partial charge in [-0.05, 0) is 36.8 Å². The van der Waals surface area contributed by atoms with Crippen molar-refractivity contribution in [3.63, 3.8) is 0 Å². The fourth-order valence-corrected chi connectivity index (χ4v) is 2.89. The molecule has 1 aromatic heterocycles. The number of amides is 2. The summed E-state index contributed by atoms with van der Waals surface area (Å²) in [4.78, 5) is 25.5. The third-order valence-electron chi connectivity index (χ3n) is 4.56. The Morgan fingerprint density at radius 3 is 2.57 bits per heavy atom. The van der Waals surface area contributed by atoms with E-state index < -0.39 is 12.6 Å². The molecule has 1 saturated heterocycles. The van der Waals surface area contributed by atoms with Gasteiger partial charge < -0.3 is 15.0 Å². The second-order valence-electron chi connectivity index (χ2n) is 6.83. The van der Waals surface area contributed by atoms with Crippen molar-refractivity contribution in [1.29, 1.82) is 0 Å². The Labute approximate surface area is 171 Å². The monoisotopic (exact) mass is 422 g/mol. The molecule has 0 saturated carbocycles. The minimum atomic E-state index is -4.20. The smallest absolute Gasteiger partial charge is 0.389 e. The van der Waals surface area contributed by atoms with Crippen LogP contribution in [-0.2, 0) is 4.79 Å². The van der Waals surface area contributed by atoms with E-state index in [0.717, 1.165) is 0 Å². The van der Waals surface area contributed by atoms with E-state index in [1.807, 2.05) is 0 Å². The van der Waals surface area contributed by atoms with Gasteiger partial charge in [0.1, 0.15) is 5.75 Å². The second-order valence-corrected chi connectivity index (χ2v) is 6.83. The molecule has 1 aliphatic rings. The highest BCUT2D eigenvalue weighted by Crippen LogP contribution is 2.23. The number of carbonyl (C=O) groups is 2. The van der Waals surface area contributed by atoms with Crippen LogP contribution in [-0.4, -0.2) is 52.4 Å². The second kappa shape index (κ2) is 9.02. The Kier molecular flexibility index (Phi) is 6.43. The number of carbonyl (C=O) groups excluding carboxylic acids is 2. The highest BCUT2D eigenvalue weighted by molar-refractivity contribution is 6.03. The fraction of sp³-hybridized carbons (Fsp3) is 0.350. The summed E-state index contributed by atoms with van der Waals surface area (Å²) < 4.78 is 43.3. The van der Waals surface area contributed by atoms with Crippen molar-refractivity contribution in [1.82, 2.24) is 14.7 Å². The first-order valence-electron chi connectivity index (χ1n) is 9.32. The zero-order valence-electron chi connectivity index (χ0n) is 16.1. The van der Waals surface area contributed by atoms with Crippen molar-refractivity contribution in [2.75, 3.05) is 25.0 Å². The maximum Gasteiger partial charge on any atom is 0.389 e. The number of nitrogens with one attached hydrogen (secondary N) is 1. The van der Waals surface area contributed by atoms with E-state index >= 15 is 0 Å². The van der Waals surface area contributed by atoms with Gasteiger partial charge in [0, 0.05) is 37.3 Å². The lowest BCUT2D eigenvalue weighted by molar-refractivity contribution is -0.136. The summed E-state index contributed by atoms with van der Waals surface area (Å²) in [5, 5.41) is 6.99. The molecule has 160 valence electrons. The average molecular weight is 422 g/mol. The molecule has 1 aliphatic heterocycles. The lowest BCUT2D eigenvalue weighted by Crippen LogP contribution is -2.50. The number of hydrogen-bond donors (Lipinski definition) is 1. The number of likely N-dealkylation sites (tertiary alicyclic amines) is 1. The van der Waals surface area contributed by atoms with Gasteiger partial charge in [0.25, 0.3) is 5.91 Å². The normalized spacial score (nSPS) is 14.2. The Bertz CT molecular complexity index is 903. The largest absolute Gasteiger partial charge is 0.494 e. The standard InChI is InChI=1S/C20H21F3N4O3/c1-2-18(28)26-12-15(13-26)27-10-8-17(25-27)24-19(29)14-4-6-16(7-5-14)30-11-3-9-20(21,22)23/h2,4-8,10,15H,1,3,9,11-13H2,(H,24,25,29). The van der Waals surface area contributed by atoms with E-state index in [1.165, 1.54) is 30.3 Å². The van der Waals surface area contributed by atoms with Gasteiger partial charge >= 0.3 is 6.18 Å². The molecular formula is C20H21F3N4O3. The van der Waals surface area contributed by atoms with Crippen LogP contribution in [0.15, 0.2) is 49.2 Å². The first kappa shape index (κ1) is 21.4. The number of rotatable bonds is 8. The van der Waals surface area contributed by atoms with Gasteiger partial charge in [-0.1, -0.05) is 6.58 Å². The minimum Gasteiger partial charge on any atom is -0.494 e. The molecule has 1 fully saturated rings. The molecule has 7 nitrogen and oxygen atoms in total. The zero-order chi connectivity index (χ0) is 21.7. The molecule has 0 spiro atoms. The van der Waals surface area contributed by atoms with E-state index in [2.05, 4.69) is 17.0 Å². The van der Waals surface area contributed by atoms with E-state index in [0.29, 0.717) is 30.2 Å². The van der Waals surface area contributed by atoms with Crippen molar-refractivity contribution in [3.05, 3.63) is 54.7 Å². The SMILES string of the molecule is C=CC(=O)N1CC(n2ccc(NC(=O)c3ccc(OCCCC(F)(F)F)cc3)n2)C1. The first-order chi connectivity index (χ1) is 14.2. The summed E-state index contributed by atoms with van der Waals surface area (Å²) in [5.41, 5.74) is 0.360. The molecule has 1 N–H and O–H groups in total. The average Bonchev–Trinajstić information content (AvgIpc) is 3.11. The molecule has 3 rings (SSSR count). The van der Waals surface area contributed by atoms with Crippen molar-refractivity contribution < 1.29 is 27.5 Å². The van der Waals surface area contributed by atoms with Crippen molar-refractivity contribution in [3.8, 4) is 5.75 Å². The molecule has 0 radical (unpaired) electrons. The number of aromatic nitrogens is 2. The number of alkyl halides is 3. The maximum atomic E-state index is 12.3.